The molecule has 1 aliphatic heterocycles. The minimum Gasteiger partial charge on any atom is -0.459 e. The molecule has 0 radical (unpaired) electrons. The second-order valence-corrected chi connectivity index (χ2v) is 9.58. The molecule has 0 N–H and O–H groups in total. The Balaban J connectivity index is 1.93. The molecule has 2 aromatic rings. The maximum Gasteiger partial charge on any atom is 0.416 e. The number of alkyl halides is 6. The van der Waals surface area contributed by atoms with Crippen LogP contribution in [-0.2, 0) is 38.0 Å². The lowest BCUT2D eigenvalue weighted by atomic mass is 9.78. The lowest BCUT2D eigenvalue weighted by Gasteiger charge is -2.39. The Morgan fingerprint density at radius 3 is 2.12 bits per heavy atom. The average molecular weight is 577 g/mol. The van der Waals surface area contributed by atoms with Gasteiger partial charge < -0.3 is 14.5 Å². The van der Waals surface area contributed by atoms with Crippen molar-refractivity contribution in [1.29, 1.82) is 0 Å². The Bertz CT molecular complexity index is 1240. The first-order valence-corrected chi connectivity index (χ1v) is 12.3. The summed E-state index contributed by atoms with van der Waals surface area (Å²) in [4.78, 5) is 40.4. The zero-order valence-electron chi connectivity index (χ0n) is 21.8. The summed E-state index contributed by atoms with van der Waals surface area (Å²) in [5.74, 6) is -4.74. The number of amides is 2. The SMILES string of the molecule is CCOC(=O)C(=O)N1CCC(C(=O)N(C)Cc2cc(C(F)(F)F)cc(C(F)(F)F)c2)[C@@H](c2ccc(F)cc2C)C1. The number of hydrogen-bond donors (Lipinski definition) is 0. The molecule has 0 aliphatic carbocycles. The first-order valence-electron chi connectivity index (χ1n) is 12.3. The molecule has 2 amide bonds. The van der Waals surface area contributed by atoms with Crippen molar-refractivity contribution in [3.8, 4) is 0 Å². The zero-order valence-corrected chi connectivity index (χ0v) is 21.8. The van der Waals surface area contributed by atoms with Crippen LogP contribution in [0.2, 0.25) is 0 Å². The van der Waals surface area contributed by atoms with Gasteiger partial charge in [-0.1, -0.05) is 6.07 Å². The van der Waals surface area contributed by atoms with E-state index in [1.54, 1.807) is 6.92 Å². The highest BCUT2D eigenvalue weighted by atomic mass is 19.4. The van der Waals surface area contributed by atoms with E-state index in [-0.39, 0.29) is 37.7 Å². The van der Waals surface area contributed by atoms with Crippen molar-refractivity contribution in [3.63, 3.8) is 0 Å². The molecule has 1 fully saturated rings. The molecule has 13 heteroatoms. The van der Waals surface area contributed by atoms with E-state index >= 15 is 0 Å². The second kappa shape index (κ2) is 11.8. The van der Waals surface area contributed by atoms with Gasteiger partial charge in [0.25, 0.3) is 0 Å². The van der Waals surface area contributed by atoms with Crippen LogP contribution in [0.1, 0.15) is 47.1 Å². The van der Waals surface area contributed by atoms with Crippen molar-refractivity contribution in [1.82, 2.24) is 9.80 Å². The van der Waals surface area contributed by atoms with Gasteiger partial charge in [-0.2, -0.15) is 26.3 Å². The van der Waals surface area contributed by atoms with E-state index in [1.807, 2.05) is 0 Å². The number of aryl methyl sites for hydroxylation is 1. The van der Waals surface area contributed by atoms with Crippen LogP contribution in [-0.4, -0.2) is 54.3 Å². The van der Waals surface area contributed by atoms with E-state index in [9.17, 15) is 45.1 Å². The summed E-state index contributed by atoms with van der Waals surface area (Å²) in [5.41, 5.74) is -2.40. The number of carbonyl (C=O) groups excluding carboxylic acids is 3. The predicted molar refractivity (Wildman–Crippen MR) is 128 cm³/mol. The van der Waals surface area contributed by atoms with Gasteiger partial charge in [-0.3, -0.25) is 9.59 Å². The molecule has 1 aliphatic rings. The van der Waals surface area contributed by atoms with Crippen LogP contribution in [0.4, 0.5) is 30.7 Å². The van der Waals surface area contributed by atoms with Gasteiger partial charge in [0.2, 0.25) is 5.91 Å². The monoisotopic (exact) mass is 576 g/mol. The third-order valence-corrected chi connectivity index (χ3v) is 6.74. The highest BCUT2D eigenvalue weighted by Crippen LogP contribution is 2.38. The lowest BCUT2D eigenvalue weighted by molar-refractivity contribution is -0.161. The third-order valence-electron chi connectivity index (χ3n) is 6.74. The number of ether oxygens (including phenoxy) is 1. The second-order valence-electron chi connectivity index (χ2n) is 9.58. The molecule has 0 bridgehead atoms. The van der Waals surface area contributed by atoms with Gasteiger partial charge in [0.05, 0.1) is 17.7 Å². The number of hydrogen-bond acceptors (Lipinski definition) is 4. The number of benzene rings is 2. The Labute approximate surface area is 225 Å². The van der Waals surface area contributed by atoms with Crippen LogP contribution in [0, 0.1) is 18.7 Å². The minimum atomic E-state index is -5.04. The fourth-order valence-electron chi connectivity index (χ4n) is 4.87. The van der Waals surface area contributed by atoms with E-state index in [4.69, 9.17) is 4.74 Å². The maximum absolute atomic E-state index is 13.8. The number of carbonyl (C=O) groups is 3. The van der Waals surface area contributed by atoms with Crippen molar-refractivity contribution >= 4 is 17.8 Å². The topological polar surface area (TPSA) is 66.9 Å². The molecular formula is C27H27F7N2O4. The van der Waals surface area contributed by atoms with Gasteiger partial charge in [0.15, 0.2) is 0 Å². The summed E-state index contributed by atoms with van der Waals surface area (Å²) in [6.45, 7) is 2.39. The molecule has 1 unspecified atom stereocenters. The first kappa shape index (κ1) is 30.9. The average Bonchev–Trinajstić information content (AvgIpc) is 2.86. The van der Waals surface area contributed by atoms with Gasteiger partial charge in [-0.25, -0.2) is 9.18 Å². The Morgan fingerprint density at radius 2 is 1.60 bits per heavy atom. The van der Waals surface area contributed by atoms with Crippen LogP contribution in [0.5, 0.6) is 0 Å². The maximum atomic E-state index is 13.8. The van der Waals surface area contributed by atoms with Crippen molar-refractivity contribution in [2.24, 2.45) is 5.92 Å². The summed E-state index contributed by atoms with van der Waals surface area (Å²) < 4.78 is 98.3. The van der Waals surface area contributed by atoms with Gasteiger partial charge in [-0.15, -0.1) is 0 Å². The van der Waals surface area contributed by atoms with Crippen molar-refractivity contribution in [2.45, 2.75) is 45.1 Å². The standard InChI is InChI=1S/C27H27F7N2O4/c1-4-40-25(39)24(38)36-8-7-21(22(14-36)20-6-5-19(28)9-15(20)2)23(37)35(3)13-16-10-17(26(29,30)31)12-18(11-16)27(32,33)34/h5-6,9-12,21-22H,4,7-8,13-14H2,1-3H3/t21?,22-/m1/s1. The molecule has 1 heterocycles. The van der Waals surface area contributed by atoms with Gasteiger partial charge in [0.1, 0.15) is 5.82 Å². The normalized spacial score (nSPS) is 17.9. The molecule has 3 rings (SSSR count). The Morgan fingerprint density at radius 1 is 1.00 bits per heavy atom. The summed E-state index contributed by atoms with van der Waals surface area (Å²) in [7, 11) is 1.25. The molecule has 40 heavy (non-hydrogen) atoms. The fourth-order valence-corrected chi connectivity index (χ4v) is 4.87. The molecule has 218 valence electrons. The van der Waals surface area contributed by atoms with Crippen LogP contribution in [0.25, 0.3) is 0 Å². The Kier molecular flexibility index (Phi) is 9.15. The van der Waals surface area contributed by atoms with E-state index < -0.39 is 65.5 Å². The van der Waals surface area contributed by atoms with Gasteiger partial charge in [-0.05, 0) is 67.3 Å². The molecule has 2 aromatic carbocycles. The predicted octanol–water partition coefficient (Wildman–Crippen LogP) is 5.33. The summed E-state index contributed by atoms with van der Waals surface area (Å²) in [6, 6.07) is 4.96. The number of likely N-dealkylation sites (tertiary alicyclic amines) is 1. The van der Waals surface area contributed by atoms with Gasteiger partial charge in [0, 0.05) is 38.5 Å². The highest BCUT2D eigenvalue weighted by molar-refractivity contribution is 6.32. The lowest BCUT2D eigenvalue weighted by Crippen LogP contribution is -2.49. The molecule has 6 nitrogen and oxygen atoms in total. The minimum absolute atomic E-state index is 0.00887. The summed E-state index contributed by atoms with van der Waals surface area (Å²) in [6.07, 6.45) is -10.0. The summed E-state index contributed by atoms with van der Waals surface area (Å²) in [5, 5.41) is 0. The summed E-state index contributed by atoms with van der Waals surface area (Å²) >= 11 is 0. The number of halogens is 7. The van der Waals surface area contributed by atoms with Crippen molar-refractivity contribution in [2.75, 3.05) is 26.7 Å². The Hall–Kier alpha value is -3.64. The quantitative estimate of drug-likeness (QED) is 0.275. The zero-order chi connectivity index (χ0) is 30.0. The molecule has 2 atom stereocenters. The number of piperidine rings is 1. The third kappa shape index (κ3) is 7.11. The van der Waals surface area contributed by atoms with Crippen molar-refractivity contribution in [3.05, 3.63) is 70.0 Å². The van der Waals surface area contributed by atoms with E-state index in [0.29, 0.717) is 23.3 Å². The van der Waals surface area contributed by atoms with E-state index in [1.165, 1.54) is 37.1 Å². The fraction of sp³-hybridized carbons (Fsp3) is 0.444. The van der Waals surface area contributed by atoms with Crippen LogP contribution < -0.4 is 0 Å². The molecule has 0 aromatic heterocycles. The number of rotatable bonds is 5. The molecule has 1 saturated heterocycles. The molecule has 0 spiro atoms. The number of nitrogens with zero attached hydrogens (tertiary/aromatic N) is 2. The molecular weight excluding hydrogens is 549 g/mol. The van der Waals surface area contributed by atoms with E-state index in [2.05, 4.69) is 0 Å². The van der Waals surface area contributed by atoms with Crippen LogP contribution >= 0.6 is 0 Å². The highest BCUT2D eigenvalue weighted by Gasteiger charge is 2.41. The largest absolute Gasteiger partial charge is 0.459 e. The van der Waals surface area contributed by atoms with Crippen LogP contribution in [0.3, 0.4) is 0 Å². The van der Waals surface area contributed by atoms with E-state index in [0.717, 1.165) is 4.90 Å². The smallest absolute Gasteiger partial charge is 0.416 e. The number of esters is 1. The van der Waals surface area contributed by atoms with Crippen molar-refractivity contribution < 1.29 is 49.9 Å². The van der Waals surface area contributed by atoms with Crippen LogP contribution in [0.15, 0.2) is 36.4 Å². The first-order chi connectivity index (χ1) is 18.5. The molecule has 0 saturated carbocycles. The van der Waals surface area contributed by atoms with Gasteiger partial charge >= 0.3 is 24.2 Å².